The first-order valence-corrected chi connectivity index (χ1v) is 5.02. The molecule has 0 unspecified atom stereocenters. The van der Waals surface area contributed by atoms with Crippen molar-refractivity contribution in [2.75, 3.05) is 0 Å². The highest BCUT2D eigenvalue weighted by Gasteiger charge is 2.32. The number of Topliss-reactive ketones (excluding diaryl/α,β-unsaturated/α-hetero) is 1. The van der Waals surface area contributed by atoms with Crippen LogP contribution in [0.4, 0.5) is 0 Å². The van der Waals surface area contributed by atoms with Crippen molar-refractivity contribution in [3.63, 3.8) is 0 Å². The molecule has 1 nitrogen and oxygen atoms in total. The fourth-order valence-corrected chi connectivity index (χ4v) is 1.85. The highest BCUT2D eigenvalue weighted by Crippen LogP contribution is 2.34. The van der Waals surface area contributed by atoms with Crippen LogP contribution < -0.4 is 0 Å². The van der Waals surface area contributed by atoms with Crippen LogP contribution >= 0.6 is 0 Å². The Balaban J connectivity index is 3.02. The molecule has 0 aromatic heterocycles. The van der Waals surface area contributed by atoms with Crippen LogP contribution in [-0.4, -0.2) is 5.78 Å². The van der Waals surface area contributed by atoms with Gasteiger partial charge in [0.05, 0.1) is 0 Å². The van der Waals surface area contributed by atoms with E-state index in [-0.39, 0.29) is 11.2 Å². The minimum atomic E-state index is -0.230. The molecule has 14 heavy (non-hydrogen) atoms. The smallest absolute Gasteiger partial charge is 0.164 e. The number of carbonyl (C=O) groups is 1. The van der Waals surface area contributed by atoms with E-state index in [9.17, 15) is 4.79 Å². The quantitative estimate of drug-likeness (QED) is 0.619. The summed E-state index contributed by atoms with van der Waals surface area (Å²) in [4.78, 5) is 11.8. The Kier molecular flexibility index (Phi) is 3.10. The maximum absolute atomic E-state index is 11.8. The zero-order valence-corrected chi connectivity index (χ0v) is 9.42. The van der Waals surface area contributed by atoms with E-state index in [0.29, 0.717) is 0 Å². The number of carbonyl (C=O) groups excluding carboxylic acids is 1. The van der Waals surface area contributed by atoms with Crippen molar-refractivity contribution in [3.8, 4) is 0 Å². The van der Waals surface area contributed by atoms with E-state index in [1.807, 2.05) is 45.9 Å². The summed E-state index contributed by atoms with van der Waals surface area (Å²) in [7, 11) is 0. The van der Waals surface area contributed by atoms with Gasteiger partial charge in [-0.15, -0.1) is 0 Å². The third-order valence-electron chi connectivity index (χ3n) is 2.52. The first-order chi connectivity index (χ1) is 6.47. The molecule has 0 heterocycles. The van der Waals surface area contributed by atoms with Crippen LogP contribution in [0.3, 0.4) is 0 Å². The minimum Gasteiger partial charge on any atom is -0.294 e. The summed E-state index contributed by atoms with van der Waals surface area (Å²) in [6, 6.07) is 0. The third kappa shape index (κ3) is 2.22. The van der Waals surface area contributed by atoms with Gasteiger partial charge in [0.2, 0.25) is 0 Å². The maximum atomic E-state index is 11.8. The van der Waals surface area contributed by atoms with Crippen molar-refractivity contribution in [1.82, 2.24) is 0 Å². The molecule has 0 radical (unpaired) electrons. The molecule has 0 fully saturated rings. The van der Waals surface area contributed by atoms with E-state index >= 15 is 0 Å². The van der Waals surface area contributed by atoms with E-state index < -0.39 is 0 Å². The summed E-state index contributed by atoms with van der Waals surface area (Å²) in [5.74, 6) is 0.273. The monoisotopic (exact) mass is 190 g/mol. The Bertz CT molecular complexity index is 327. The molecule has 0 amide bonds. The predicted molar refractivity (Wildman–Crippen MR) is 60.1 cm³/mol. The molecule has 0 aromatic carbocycles. The molecule has 0 N–H and O–H groups in total. The Morgan fingerprint density at radius 2 is 2.07 bits per heavy atom. The average Bonchev–Trinajstić information content (AvgIpc) is 2.10. The number of rotatable bonds is 1. The number of allylic oxidation sites excluding steroid dienone is 6. The standard InChI is InChI=1S/C13H18O/c1-5-6-7-11-8-10(2)12(14)13(3,4)9-11/h5-8H,9H2,1-4H3/b6-5-,11-7+. The van der Waals surface area contributed by atoms with Gasteiger partial charge in [-0.25, -0.2) is 0 Å². The molecule has 76 valence electrons. The SMILES string of the molecule is C/C=C\C=C1/C=C(C)C(=O)C(C)(C)C1. The van der Waals surface area contributed by atoms with E-state index in [2.05, 4.69) is 6.08 Å². The highest BCUT2D eigenvalue weighted by atomic mass is 16.1. The first-order valence-electron chi connectivity index (χ1n) is 5.02. The fourth-order valence-electron chi connectivity index (χ4n) is 1.85. The van der Waals surface area contributed by atoms with Crippen molar-refractivity contribution in [2.45, 2.75) is 34.1 Å². The van der Waals surface area contributed by atoms with E-state index in [4.69, 9.17) is 0 Å². The van der Waals surface area contributed by atoms with Crippen LogP contribution in [0.25, 0.3) is 0 Å². The Hall–Kier alpha value is -1.11. The van der Waals surface area contributed by atoms with Gasteiger partial charge < -0.3 is 0 Å². The van der Waals surface area contributed by atoms with Crippen molar-refractivity contribution in [3.05, 3.63) is 35.5 Å². The summed E-state index contributed by atoms with van der Waals surface area (Å²) in [6.07, 6.45) is 8.93. The number of ketones is 1. The second-order valence-corrected chi connectivity index (χ2v) is 4.48. The summed E-state index contributed by atoms with van der Waals surface area (Å²) in [6.45, 7) is 7.91. The Morgan fingerprint density at radius 1 is 1.43 bits per heavy atom. The van der Waals surface area contributed by atoms with Gasteiger partial charge in [0.15, 0.2) is 5.78 Å². The molecular formula is C13H18O. The van der Waals surface area contributed by atoms with Gasteiger partial charge >= 0.3 is 0 Å². The molecule has 1 heteroatoms. The van der Waals surface area contributed by atoms with Crippen LogP contribution in [0, 0.1) is 5.41 Å². The second kappa shape index (κ2) is 3.95. The molecular weight excluding hydrogens is 172 g/mol. The average molecular weight is 190 g/mol. The minimum absolute atomic E-state index is 0.230. The summed E-state index contributed by atoms with van der Waals surface area (Å²) < 4.78 is 0. The van der Waals surface area contributed by atoms with Gasteiger partial charge in [-0.2, -0.15) is 0 Å². The molecule has 0 aliphatic heterocycles. The number of hydrogen-bond acceptors (Lipinski definition) is 1. The van der Waals surface area contributed by atoms with E-state index in [1.54, 1.807) is 0 Å². The lowest BCUT2D eigenvalue weighted by Crippen LogP contribution is -2.28. The Morgan fingerprint density at radius 3 is 2.57 bits per heavy atom. The van der Waals surface area contributed by atoms with Crippen LogP contribution in [-0.2, 0) is 4.79 Å². The predicted octanol–water partition coefficient (Wildman–Crippen LogP) is 3.43. The van der Waals surface area contributed by atoms with Crippen LogP contribution in [0.5, 0.6) is 0 Å². The lowest BCUT2D eigenvalue weighted by molar-refractivity contribution is -0.123. The fraction of sp³-hybridized carbons (Fsp3) is 0.462. The number of hydrogen-bond donors (Lipinski definition) is 0. The molecule has 0 aromatic rings. The van der Waals surface area contributed by atoms with Gasteiger partial charge in [-0.3, -0.25) is 4.79 Å². The van der Waals surface area contributed by atoms with Crippen molar-refractivity contribution in [1.29, 1.82) is 0 Å². The normalized spacial score (nSPS) is 24.4. The van der Waals surface area contributed by atoms with Gasteiger partial charge in [0.1, 0.15) is 0 Å². The van der Waals surface area contributed by atoms with Crippen molar-refractivity contribution >= 4 is 5.78 Å². The van der Waals surface area contributed by atoms with E-state index in [0.717, 1.165) is 12.0 Å². The third-order valence-corrected chi connectivity index (χ3v) is 2.52. The lowest BCUT2D eigenvalue weighted by Gasteiger charge is -2.28. The van der Waals surface area contributed by atoms with Gasteiger partial charge in [-0.1, -0.05) is 38.2 Å². The summed E-state index contributed by atoms with van der Waals surface area (Å²) in [5.41, 5.74) is 1.88. The largest absolute Gasteiger partial charge is 0.294 e. The molecule has 0 bridgehead atoms. The lowest BCUT2D eigenvalue weighted by atomic mass is 9.74. The summed E-state index contributed by atoms with van der Waals surface area (Å²) in [5, 5.41) is 0. The van der Waals surface area contributed by atoms with Crippen molar-refractivity contribution in [2.24, 2.45) is 5.41 Å². The molecule has 0 atom stereocenters. The highest BCUT2D eigenvalue weighted by molar-refractivity contribution is 6.00. The first kappa shape index (κ1) is 11.0. The molecule has 1 rings (SSSR count). The van der Waals surface area contributed by atoms with E-state index in [1.165, 1.54) is 5.57 Å². The topological polar surface area (TPSA) is 17.1 Å². The molecule has 0 saturated heterocycles. The maximum Gasteiger partial charge on any atom is 0.164 e. The second-order valence-electron chi connectivity index (χ2n) is 4.48. The van der Waals surface area contributed by atoms with Crippen molar-refractivity contribution < 1.29 is 4.79 Å². The Labute approximate surface area is 86.2 Å². The van der Waals surface area contributed by atoms with Gasteiger partial charge in [0, 0.05) is 5.41 Å². The van der Waals surface area contributed by atoms with Crippen LogP contribution in [0.2, 0.25) is 0 Å². The zero-order chi connectivity index (χ0) is 10.8. The molecule has 1 aliphatic rings. The van der Waals surface area contributed by atoms with Crippen LogP contribution in [0.1, 0.15) is 34.1 Å². The zero-order valence-electron chi connectivity index (χ0n) is 9.42. The molecule has 1 aliphatic carbocycles. The van der Waals surface area contributed by atoms with Crippen LogP contribution in [0.15, 0.2) is 35.5 Å². The molecule has 0 spiro atoms. The molecule has 0 saturated carbocycles. The van der Waals surface area contributed by atoms with Gasteiger partial charge in [-0.05, 0) is 31.4 Å². The van der Waals surface area contributed by atoms with Gasteiger partial charge in [0.25, 0.3) is 0 Å². The summed E-state index contributed by atoms with van der Waals surface area (Å²) >= 11 is 0.